The monoisotopic (exact) mass is 160 g/mol. The Hall–Kier alpha value is -0.440. The van der Waals surface area contributed by atoms with Gasteiger partial charge in [-0.2, -0.15) is 11.8 Å². The lowest BCUT2D eigenvalue weighted by atomic mass is 10.2. The van der Waals surface area contributed by atoms with Crippen LogP contribution in [-0.4, -0.2) is 22.6 Å². The molecular weight excluding hydrogens is 148 g/mol. The van der Waals surface area contributed by atoms with Crippen LogP contribution in [0, 0.1) is 0 Å². The quantitative estimate of drug-likeness (QED) is 0.639. The third kappa shape index (κ3) is 3.56. The second-order valence-electron chi connectivity index (χ2n) is 2.10. The minimum Gasteiger partial charge on any atom is -0.478 e. The number of carbonyl (C=O) groups is 1. The maximum Gasteiger partial charge on any atom is 0.330 e. The fourth-order valence-corrected chi connectivity index (χ4v) is 0.832. The molecule has 0 aliphatic heterocycles. The van der Waals surface area contributed by atoms with Crippen molar-refractivity contribution in [3.63, 3.8) is 0 Å². The van der Waals surface area contributed by atoms with Crippen molar-refractivity contribution in [3.8, 4) is 0 Å². The van der Waals surface area contributed by atoms with Gasteiger partial charge >= 0.3 is 5.97 Å². The van der Waals surface area contributed by atoms with Crippen LogP contribution in [0.3, 0.4) is 0 Å². The van der Waals surface area contributed by atoms with Gasteiger partial charge in [0.15, 0.2) is 0 Å². The SMILES string of the molecule is CSC(C)/C=C(\C)C(=O)O. The van der Waals surface area contributed by atoms with Crippen molar-refractivity contribution in [2.75, 3.05) is 6.26 Å². The van der Waals surface area contributed by atoms with E-state index in [1.165, 1.54) is 0 Å². The van der Waals surface area contributed by atoms with Crippen molar-refractivity contribution in [2.45, 2.75) is 19.1 Å². The highest BCUT2D eigenvalue weighted by molar-refractivity contribution is 7.99. The van der Waals surface area contributed by atoms with Gasteiger partial charge in [0, 0.05) is 10.8 Å². The summed E-state index contributed by atoms with van der Waals surface area (Å²) in [5.41, 5.74) is 0.418. The summed E-state index contributed by atoms with van der Waals surface area (Å²) in [5.74, 6) is -0.832. The van der Waals surface area contributed by atoms with E-state index < -0.39 is 5.97 Å². The second kappa shape index (κ2) is 4.39. The van der Waals surface area contributed by atoms with Crippen molar-refractivity contribution >= 4 is 17.7 Å². The highest BCUT2D eigenvalue weighted by atomic mass is 32.2. The van der Waals surface area contributed by atoms with Crippen molar-refractivity contribution in [1.29, 1.82) is 0 Å². The molecule has 0 aromatic carbocycles. The van der Waals surface area contributed by atoms with Crippen molar-refractivity contribution in [2.24, 2.45) is 0 Å². The van der Waals surface area contributed by atoms with Crippen LogP contribution in [-0.2, 0) is 4.79 Å². The molecule has 2 nitrogen and oxygen atoms in total. The van der Waals surface area contributed by atoms with Crippen LogP contribution in [0.5, 0.6) is 0 Å². The molecule has 0 heterocycles. The van der Waals surface area contributed by atoms with E-state index in [9.17, 15) is 4.79 Å². The largest absolute Gasteiger partial charge is 0.478 e. The lowest BCUT2D eigenvalue weighted by molar-refractivity contribution is -0.132. The van der Waals surface area contributed by atoms with Crippen LogP contribution in [0.25, 0.3) is 0 Å². The first-order chi connectivity index (χ1) is 4.57. The van der Waals surface area contributed by atoms with E-state index in [1.807, 2.05) is 13.2 Å². The molecule has 0 saturated heterocycles. The highest BCUT2D eigenvalue weighted by Gasteiger charge is 2.01. The fourth-order valence-electron chi connectivity index (χ4n) is 0.491. The summed E-state index contributed by atoms with van der Waals surface area (Å²) < 4.78 is 0. The van der Waals surface area contributed by atoms with Crippen molar-refractivity contribution < 1.29 is 9.90 Å². The predicted octanol–water partition coefficient (Wildman–Crippen LogP) is 1.77. The Bertz CT molecular complexity index is 152. The first-order valence-corrected chi connectivity index (χ1v) is 4.31. The van der Waals surface area contributed by atoms with E-state index >= 15 is 0 Å². The van der Waals surface area contributed by atoms with Crippen LogP contribution in [0.2, 0.25) is 0 Å². The summed E-state index contributed by atoms with van der Waals surface area (Å²) in [6.45, 7) is 3.58. The zero-order chi connectivity index (χ0) is 8.15. The number of rotatable bonds is 3. The smallest absolute Gasteiger partial charge is 0.330 e. The van der Waals surface area contributed by atoms with Gasteiger partial charge in [0.05, 0.1) is 0 Å². The normalized spacial score (nSPS) is 14.9. The Labute approximate surface area is 65.3 Å². The molecule has 0 spiro atoms. The molecule has 1 atom stereocenters. The molecule has 0 bridgehead atoms. The standard InChI is InChI=1S/C7H12O2S/c1-5(7(8)9)4-6(2)10-3/h4,6H,1-3H3,(H,8,9)/b5-4+. The molecule has 0 aromatic rings. The fraction of sp³-hybridized carbons (Fsp3) is 0.571. The lowest BCUT2D eigenvalue weighted by Gasteiger charge is -2.00. The molecule has 10 heavy (non-hydrogen) atoms. The molecule has 3 heteroatoms. The minimum absolute atomic E-state index is 0.288. The van der Waals surface area contributed by atoms with E-state index in [-0.39, 0.29) is 5.25 Å². The predicted molar refractivity (Wildman–Crippen MR) is 44.4 cm³/mol. The van der Waals surface area contributed by atoms with Gasteiger partial charge in [-0.15, -0.1) is 0 Å². The van der Waals surface area contributed by atoms with E-state index in [4.69, 9.17) is 5.11 Å². The topological polar surface area (TPSA) is 37.3 Å². The molecule has 1 N–H and O–H groups in total. The maximum atomic E-state index is 10.3. The molecule has 0 fully saturated rings. The number of thioether (sulfide) groups is 1. The summed E-state index contributed by atoms with van der Waals surface area (Å²) in [6, 6.07) is 0. The summed E-state index contributed by atoms with van der Waals surface area (Å²) in [5, 5.41) is 8.74. The number of hydrogen-bond acceptors (Lipinski definition) is 2. The lowest BCUT2D eigenvalue weighted by Crippen LogP contribution is -1.99. The Morgan fingerprint density at radius 3 is 2.50 bits per heavy atom. The van der Waals surface area contributed by atoms with Gasteiger partial charge in [-0.3, -0.25) is 0 Å². The van der Waals surface area contributed by atoms with Gasteiger partial charge in [0.2, 0.25) is 0 Å². The molecule has 0 radical (unpaired) electrons. The first kappa shape index (κ1) is 9.56. The molecule has 1 unspecified atom stereocenters. The van der Waals surface area contributed by atoms with Crippen LogP contribution >= 0.6 is 11.8 Å². The molecule has 0 aromatic heterocycles. The van der Waals surface area contributed by atoms with E-state index in [2.05, 4.69) is 0 Å². The zero-order valence-electron chi connectivity index (χ0n) is 6.42. The van der Waals surface area contributed by atoms with Crippen molar-refractivity contribution in [3.05, 3.63) is 11.6 Å². The Kier molecular flexibility index (Phi) is 4.19. The minimum atomic E-state index is -0.832. The Morgan fingerprint density at radius 2 is 2.20 bits per heavy atom. The average Bonchev–Trinajstić information content (AvgIpc) is 1.87. The summed E-state index contributed by atoms with van der Waals surface area (Å²) in [4.78, 5) is 10.3. The molecule has 58 valence electrons. The van der Waals surface area contributed by atoms with Crippen LogP contribution in [0.15, 0.2) is 11.6 Å². The Balaban J connectivity index is 4.02. The Morgan fingerprint density at radius 1 is 1.70 bits per heavy atom. The first-order valence-electron chi connectivity index (χ1n) is 3.02. The van der Waals surface area contributed by atoms with Gasteiger partial charge in [-0.25, -0.2) is 4.79 Å². The summed E-state index contributed by atoms with van der Waals surface area (Å²) in [7, 11) is 0. The van der Waals surface area contributed by atoms with Gasteiger partial charge in [-0.1, -0.05) is 6.08 Å². The highest BCUT2D eigenvalue weighted by Crippen LogP contribution is 2.08. The van der Waals surface area contributed by atoms with Crippen LogP contribution in [0.1, 0.15) is 13.8 Å². The van der Waals surface area contributed by atoms with Gasteiger partial charge in [0.25, 0.3) is 0 Å². The molecular formula is C7H12O2S. The third-order valence-corrected chi connectivity index (χ3v) is 2.07. The van der Waals surface area contributed by atoms with E-state index in [1.54, 1.807) is 24.8 Å². The van der Waals surface area contributed by atoms with Crippen LogP contribution in [0.4, 0.5) is 0 Å². The molecule has 0 saturated carbocycles. The van der Waals surface area contributed by atoms with Crippen molar-refractivity contribution in [1.82, 2.24) is 0 Å². The van der Waals surface area contributed by atoms with E-state index in [0.29, 0.717) is 5.57 Å². The van der Waals surface area contributed by atoms with Crippen LogP contribution < -0.4 is 0 Å². The number of carboxylic acid groups (broad SMARTS) is 1. The summed E-state index contributed by atoms with van der Waals surface area (Å²) in [6.07, 6.45) is 3.70. The average molecular weight is 160 g/mol. The number of carboxylic acids is 1. The molecule has 0 rings (SSSR count). The number of hydrogen-bond donors (Lipinski definition) is 1. The van der Waals surface area contributed by atoms with Gasteiger partial charge < -0.3 is 5.11 Å². The second-order valence-corrected chi connectivity index (χ2v) is 3.31. The van der Waals surface area contributed by atoms with Gasteiger partial charge in [0.1, 0.15) is 0 Å². The summed E-state index contributed by atoms with van der Waals surface area (Å²) >= 11 is 1.63. The maximum absolute atomic E-state index is 10.3. The molecule has 0 amide bonds. The molecule has 0 aliphatic rings. The van der Waals surface area contributed by atoms with E-state index in [0.717, 1.165) is 0 Å². The zero-order valence-corrected chi connectivity index (χ0v) is 7.23. The third-order valence-electron chi connectivity index (χ3n) is 1.19. The number of aliphatic carboxylic acids is 1. The van der Waals surface area contributed by atoms with Gasteiger partial charge in [-0.05, 0) is 20.1 Å². The molecule has 0 aliphatic carbocycles.